The van der Waals surface area contributed by atoms with Crippen molar-refractivity contribution in [1.29, 1.82) is 0 Å². The molecule has 1 saturated heterocycles. The number of hydrogen-bond acceptors (Lipinski definition) is 4. The lowest BCUT2D eigenvalue weighted by molar-refractivity contribution is 0.00525. The third-order valence-electron chi connectivity index (χ3n) is 4.43. The van der Waals surface area contributed by atoms with Crippen LogP contribution in [0.3, 0.4) is 0 Å². The van der Waals surface area contributed by atoms with E-state index in [1.807, 2.05) is 45.0 Å². The highest BCUT2D eigenvalue weighted by Gasteiger charge is 2.32. The third kappa shape index (κ3) is 4.41. The Bertz CT molecular complexity index is 805. The van der Waals surface area contributed by atoms with Crippen molar-refractivity contribution in [3.63, 3.8) is 0 Å². The van der Waals surface area contributed by atoms with E-state index in [2.05, 4.69) is 23.2 Å². The van der Waals surface area contributed by atoms with Gasteiger partial charge in [-0.05, 0) is 38.0 Å². The van der Waals surface area contributed by atoms with Crippen molar-refractivity contribution in [2.75, 3.05) is 13.1 Å². The second kappa shape index (κ2) is 7.46. The number of aliphatic imine (C=N–C) groups is 1. The lowest BCUT2D eigenvalue weighted by Gasteiger charge is -2.35. The van der Waals surface area contributed by atoms with Crippen LogP contribution in [0.4, 0.5) is 4.79 Å². The van der Waals surface area contributed by atoms with Gasteiger partial charge in [-0.15, -0.1) is 0 Å². The molecule has 1 heterocycles. The molecule has 2 aromatic rings. The van der Waals surface area contributed by atoms with E-state index in [9.17, 15) is 9.90 Å². The number of piperidine rings is 1. The van der Waals surface area contributed by atoms with E-state index < -0.39 is 11.7 Å². The lowest BCUT2D eigenvalue weighted by Crippen LogP contribution is -2.49. The summed E-state index contributed by atoms with van der Waals surface area (Å²) >= 11 is 0. The molecule has 5 nitrogen and oxygen atoms in total. The van der Waals surface area contributed by atoms with Gasteiger partial charge in [0.2, 0.25) is 0 Å². The van der Waals surface area contributed by atoms with Crippen molar-refractivity contribution in [2.24, 2.45) is 4.99 Å². The summed E-state index contributed by atoms with van der Waals surface area (Å²) in [7, 11) is 0. The van der Waals surface area contributed by atoms with Crippen molar-refractivity contribution in [3.8, 4) is 0 Å². The topological polar surface area (TPSA) is 62.1 Å². The average molecular weight is 354 g/mol. The van der Waals surface area contributed by atoms with Gasteiger partial charge in [-0.1, -0.05) is 42.5 Å². The van der Waals surface area contributed by atoms with E-state index in [0.717, 1.165) is 16.3 Å². The zero-order chi connectivity index (χ0) is 18.7. The Morgan fingerprint density at radius 1 is 1.23 bits per heavy atom. The molecule has 2 atom stereocenters. The fourth-order valence-electron chi connectivity index (χ4n) is 3.10. The van der Waals surface area contributed by atoms with Gasteiger partial charge in [0.15, 0.2) is 0 Å². The molecule has 0 spiro atoms. The first-order valence-electron chi connectivity index (χ1n) is 9.00. The van der Waals surface area contributed by atoms with Crippen LogP contribution < -0.4 is 0 Å². The Labute approximate surface area is 154 Å². The monoisotopic (exact) mass is 354 g/mol. The lowest BCUT2D eigenvalue weighted by atomic mass is 10.0. The number of rotatable bonds is 2. The molecule has 0 bridgehead atoms. The van der Waals surface area contributed by atoms with Gasteiger partial charge in [-0.2, -0.15) is 0 Å². The van der Waals surface area contributed by atoms with Crippen molar-refractivity contribution in [1.82, 2.24) is 4.90 Å². The van der Waals surface area contributed by atoms with Gasteiger partial charge in [-0.25, -0.2) is 4.79 Å². The van der Waals surface area contributed by atoms with Gasteiger partial charge in [0.1, 0.15) is 5.60 Å². The predicted octanol–water partition coefficient (Wildman–Crippen LogP) is 3.63. The van der Waals surface area contributed by atoms with Crippen LogP contribution in [0.15, 0.2) is 47.5 Å². The number of fused-ring (bicyclic) bond motifs is 1. The zero-order valence-corrected chi connectivity index (χ0v) is 15.6. The Morgan fingerprint density at radius 3 is 2.73 bits per heavy atom. The van der Waals surface area contributed by atoms with Crippen LogP contribution in [0.5, 0.6) is 0 Å². The van der Waals surface area contributed by atoms with E-state index in [4.69, 9.17) is 4.74 Å². The minimum absolute atomic E-state index is 0.352. The summed E-state index contributed by atoms with van der Waals surface area (Å²) in [5.74, 6) is 0. The molecular formula is C21H26N2O3. The zero-order valence-electron chi connectivity index (χ0n) is 15.6. The highest BCUT2D eigenvalue weighted by molar-refractivity contribution is 5.99. The van der Waals surface area contributed by atoms with Crippen molar-refractivity contribution >= 4 is 23.1 Å². The largest absolute Gasteiger partial charge is 0.444 e. The van der Waals surface area contributed by atoms with E-state index in [1.165, 1.54) is 0 Å². The van der Waals surface area contributed by atoms with Crippen LogP contribution in [0, 0.1) is 0 Å². The first-order valence-corrected chi connectivity index (χ1v) is 9.00. The number of nitrogens with zero attached hydrogens (tertiary/aromatic N) is 2. The smallest absolute Gasteiger partial charge is 0.410 e. The maximum absolute atomic E-state index is 12.3. The molecule has 0 aromatic heterocycles. The molecule has 1 amide bonds. The van der Waals surface area contributed by atoms with E-state index >= 15 is 0 Å². The molecule has 0 unspecified atom stereocenters. The molecular weight excluding hydrogens is 328 g/mol. The summed E-state index contributed by atoms with van der Waals surface area (Å²) in [4.78, 5) is 18.5. The predicted molar refractivity (Wildman–Crippen MR) is 104 cm³/mol. The Hall–Kier alpha value is -2.40. The number of aliphatic hydroxyl groups excluding tert-OH is 1. The molecule has 26 heavy (non-hydrogen) atoms. The van der Waals surface area contributed by atoms with Crippen LogP contribution in [0.1, 0.15) is 32.8 Å². The van der Waals surface area contributed by atoms with Crippen molar-refractivity contribution < 1.29 is 14.6 Å². The second-order valence-electron chi connectivity index (χ2n) is 7.70. The maximum atomic E-state index is 12.3. The standard InChI is InChI=1S/C21H26N2O3/c1-21(2,3)26-20(25)23-12-11-19(24)18(14-23)22-13-16-9-6-8-15-7-4-5-10-17(15)16/h4-10,13,18-19,24H,11-12,14H2,1-3H3/b22-13+/t18-,19-/m0/s1. The summed E-state index contributed by atoms with van der Waals surface area (Å²) in [5, 5.41) is 12.6. The van der Waals surface area contributed by atoms with Crippen molar-refractivity contribution in [3.05, 3.63) is 48.0 Å². The van der Waals surface area contributed by atoms with E-state index in [-0.39, 0.29) is 12.1 Å². The number of benzene rings is 2. The van der Waals surface area contributed by atoms with Crippen LogP contribution >= 0.6 is 0 Å². The van der Waals surface area contributed by atoms with Gasteiger partial charge in [-0.3, -0.25) is 4.99 Å². The van der Waals surface area contributed by atoms with Gasteiger partial charge < -0.3 is 14.7 Å². The molecule has 0 radical (unpaired) electrons. The molecule has 2 aromatic carbocycles. The summed E-state index contributed by atoms with van der Waals surface area (Å²) in [6.45, 7) is 6.38. The quantitative estimate of drug-likeness (QED) is 0.838. The molecule has 138 valence electrons. The van der Waals surface area contributed by atoms with Crippen LogP contribution in [-0.4, -0.2) is 53.2 Å². The van der Waals surface area contributed by atoms with Gasteiger partial charge in [0, 0.05) is 24.9 Å². The highest BCUT2D eigenvalue weighted by Crippen LogP contribution is 2.20. The fraction of sp³-hybridized carbons (Fsp3) is 0.429. The molecule has 0 saturated carbocycles. The number of hydrogen-bond donors (Lipinski definition) is 1. The normalized spacial score (nSPS) is 21.3. The summed E-state index contributed by atoms with van der Waals surface area (Å²) in [6, 6.07) is 13.8. The minimum Gasteiger partial charge on any atom is -0.444 e. The Morgan fingerprint density at radius 2 is 1.96 bits per heavy atom. The number of aliphatic hydroxyl groups is 1. The molecule has 5 heteroatoms. The summed E-state index contributed by atoms with van der Waals surface area (Å²) < 4.78 is 5.43. The SMILES string of the molecule is CC(C)(C)OC(=O)N1CC[C@H](O)[C@@H](/N=C/c2cccc3ccccc23)C1. The highest BCUT2D eigenvalue weighted by atomic mass is 16.6. The summed E-state index contributed by atoms with van der Waals surface area (Å²) in [5.41, 5.74) is 0.471. The first kappa shape index (κ1) is 18.4. The number of likely N-dealkylation sites (tertiary alicyclic amines) is 1. The van der Waals surface area contributed by atoms with Gasteiger partial charge >= 0.3 is 6.09 Å². The number of carbonyl (C=O) groups is 1. The van der Waals surface area contributed by atoms with Crippen molar-refractivity contribution in [2.45, 2.75) is 44.9 Å². The van der Waals surface area contributed by atoms with Crippen LogP contribution in [-0.2, 0) is 4.74 Å². The maximum Gasteiger partial charge on any atom is 0.410 e. The molecule has 1 aliphatic rings. The molecule has 0 aliphatic carbocycles. The number of ether oxygens (including phenoxy) is 1. The minimum atomic E-state index is -0.556. The number of amides is 1. The second-order valence-corrected chi connectivity index (χ2v) is 7.70. The summed E-state index contributed by atoms with van der Waals surface area (Å²) in [6.07, 6.45) is 1.39. The molecule has 1 N–H and O–H groups in total. The average Bonchev–Trinajstić information content (AvgIpc) is 2.59. The third-order valence-corrected chi connectivity index (χ3v) is 4.43. The van der Waals surface area contributed by atoms with Crippen LogP contribution in [0.25, 0.3) is 10.8 Å². The van der Waals surface area contributed by atoms with E-state index in [0.29, 0.717) is 19.5 Å². The van der Waals surface area contributed by atoms with Gasteiger partial charge in [0.25, 0.3) is 0 Å². The first-order chi connectivity index (χ1) is 12.3. The number of carbonyl (C=O) groups excluding carboxylic acids is 1. The Balaban J connectivity index is 1.75. The van der Waals surface area contributed by atoms with Crippen LogP contribution in [0.2, 0.25) is 0 Å². The molecule has 1 aliphatic heterocycles. The Kier molecular flexibility index (Phi) is 5.28. The fourth-order valence-corrected chi connectivity index (χ4v) is 3.10. The van der Waals surface area contributed by atoms with E-state index in [1.54, 1.807) is 11.1 Å². The molecule has 1 fully saturated rings. The molecule has 3 rings (SSSR count). The van der Waals surface area contributed by atoms with Gasteiger partial charge in [0.05, 0.1) is 12.1 Å².